The van der Waals surface area contributed by atoms with Crippen molar-refractivity contribution in [1.29, 1.82) is 0 Å². The van der Waals surface area contributed by atoms with Crippen LogP contribution in [-0.4, -0.2) is 29.9 Å². The van der Waals surface area contributed by atoms with Gasteiger partial charge in [-0.05, 0) is 38.0 Å². The van der Waals surface area contributed by atoms with Gasteiger partial charge in [0, 0.05) is 23.9 Å². The number of likely N-dealkylation sites (N-methyl/N-ethyl adjacent to an activating group) is 1. The fourth-order valence-electron chi connectivity index (χ4n) is 2.69. The van der Waals surface area contributed by atoms with Gasteiger partial charge in [-0.3, -0.25) is 9.59 Å². The molecule has 2 amide bonds. The molecule has 124 valence electrons. The Balaban J connectivity index is 1.60. The summed E-state index contributed by atoms with van der Waals surface area (Å²) in [5.41, 5.74) is 2.38. The van der Waals surface area contributed by atoms with Crippen LogP contribution in [0.4, 0.5) is 10.8 Å². The van der Waals surface area contributed by atoms with Gasteiger partial charge in [0.2, 0.25) is 5.91 Å². The Kier molecular flexibility index (Phi) is 3.53. The smallest absolute Gasteiger partial charge is 0.267 e. The summed E-state index contributed by atoms with van der Waals surface area (Å²) >= 11 is 1.40. The molecule has 1 saturated carbocycles. The fraction of sp³-hybridized carbons (Fsp3) is 0.353. The highest BCUT2D eigenvalue weighted by atomic mass is 32.1. The van der Waals surface area contributed by atoms with Crippen LogP contribution in [0.1, 0.15) is 19.8 Å². The SMILES string of the molecule is CC1Oc2ccc(-c3csc(NC(=O)C4CC4)n3)cc2N(C)C1=O. The molecule has 1 aliphatic heterocycles. The molecule has 1 aromatic carbocycles. The first-order valence-electron chi connectivity index (χ1n) is 7.88. The fourth-order valence-corrected chi connectivity index (χ4v) is 3.41. The van der Waals surface area contributed by atoms with Gasteiger partial charge in [0.15, 0.2) is 11.2 Å². The summed E-state index contributed by atoms with van der Waals surface area (Å²) in [5.74, 6) is 0.815. The highest BCUT2D eigenvalue weighted by Gasteiger charge is 2.31. The van der Waals surface area contributed by atoms with E-state index in [-0.39, 0.29) is 17.7 Å². The number of aromatic nitrogens is 1. The Morgan fingerprint density at radius 2 is 2.21 bits per heavy atom. The number of thiazole rings is 1. The monoisotopic (exact) mass is 343 g/mol. The molecule has 0 saturated heterocycles. The van der Waals surface area contributed by atoms with E-state index < -0.39 is 6.10 Å². The van der Waals surface area contributed by atoms with Gasteiger partial charge in [-0.2, -0.15) is 0 Å². The third-order valence-electron chi connectivity index (χ3n) is 4.28. The van der Waals surface area contributed by atoms with Crippen LogP contribution in [-0.2, 0) is 9.59 Å². The quantitative estimate of drug-likeness (QED) is 0.930. The second-order valence-corrected chi connectivity index (χ2v) is 7.00. The lowest BCUT2D eigenvalue weighted by Crippen LogP contribution is -2.41. The molecule has 7 heteroatoms. The predicted molar refractivity (Wildman–Crippen MR) is 92.4 cm³/mol. The van der Waals surface area contributed by atoms with Crippen LogP contribution in [0.5, 0.6) is 5.75 Å². The number of ether oxygens (including phenoxy) is 1. The van der Waals surface area contributed by atoms with Crippen molar-refractivity contribution in [2.75, 3.05) is 17.3 Å². The minimum atomic E-state index is -0.475. The van der Waals surface area contributed by atoms with E-state index in [1.165, 1.54) is 11.3 Å². The molecule has 1 atom stereocenters. The molecule has 1 unspecified atom stereocenters. The molecular weight excluding hydrogens is 326 g/mol. The van der Waals surface area contributed by atoms with Crippen molar-refractivity contribution in [2.45, 2.75) is 25.9 Å². The van der Waals surface area contributed by atoms with Gasteiger partial charge >= 0.3 is 0 Å². The number of anilines is 2. The number of nitrogens with zero attached hydrogens (tertiary/aromatic N) is 2. The molecule has 4 rings (SSSR count). The average Bonchev–Trinajstić information content (AvgIpc) is 3.33. The number of benzene rings is 1. The number of amides is 2. The van der Waals surface area contributed by atoms with Gasteiger partial charge < -0.3 is 15.0 Å². The predicted octanol–water partition coefficient (Wildman–Crippen LogP) is 2.90. The van der Waals surface area contributed by atoms with E-state index in [0.29, 0.717) is 10.9 Å². The van der Waals surface area contributed by atoms with E-state index in [4.69, 9.17) is 4.74 Å². The third-order valence-corrected chi connectivity index (χ3v) is 5.04. The van der Waals surface area contributed by atoms with Crippen molar-refractivity contribution >= 4 is 34.0 Å². The lowest BCUT2D eigenvalue weighted by Gasteiger charge is -2.30. The van der Waals surface area contributed by atoms with Crippen LogP contribution >= 0.6 is 11.3 Å². The van der Waals surface area contributed by atoms with Gasteiger partial charge in [0.1, 0.15) is 5.75 Å². The lowest BCUT2D eigenvalue weighted by molar-refractivity contribution is -0.125. The average molecular weight is 343 g/mol. The molecule has 2 aliphatic rings. The summed E-state index contributed by atoms with van der Waals surface area (Å²) in [4.78, 5) is 30.0. The molecule has 1 N–H and O–H groups in total. The third kappa shape index (κ3) is 2.65. The zero-order valence-corrected chi connectivity index (χ0v) is 14.2. The van der Waals surface area contributed by atoms with E-state index in [1.54, 1.807) is 18.9 Å². The van der Waals surface area contributed by atoms with Crippen molar-refractivity contribution in [1.82, 2.24) is 4.98 Å². The number of hydrogen-bond donors (Lipinski definition) is 1. The van der Waals surface area contributed by atoms with Gasteiger partial charge in [0.05, 0.1) is 11.4 Å². The Hall–Kier alpha value is -2.41. The number of carbonyl (C=O) groups is 2. The molecule has 0 radical (unpaired) electrons. The number of fused-ring (bicyclic) bond motifs is 1. The lowest BCUT2D eigenvalue weighted by atomic mass is 10.1. The number of nitrogens with one attached hydrogen (secondary N) is 1. The summed E-state index contributed by atoms with van der Waals surface area (Å²) < 4.78 is 5.63. The maximum absolute atomic E-state index is 12.1. The molecule has 1 aliphatic carbocycles. The number of rotatable bonds is 3. The second-order valence-electron chi connectivity index (χ2n) is 6.14. The largest absolute Gasteiger partial charge is 0.479 e. The van der Waals surface area contributed by atoms with Crippen LogP contribution in [0.25, 0.3) is 11.3 Å². The summed E-state index contributed by atoms with van der Waals surface area (Å²) in [6.45, 7) is 1.74. The first-order valence-corrected chi connectivity index (χ1v) is 8.76. The van der Waals surface area contributed by atoms with Gasteiger partial charge in [-0.1, -0.05) is 0 Å². The van der Waals surface area contributed by atoms with Crippen LogP contribution in [0, 0.1) is 5.92 Å². The molecule has 2 aromatic rings. The minimum Gasteiger partial charge on any atom is -0.479 e. The Labute approximate surface area is 143 Å². The zero-order chi connectivity index (χ0) is 16.8. The summed E-state index contributed by atoms with van der Waals surface area (Å²) in [6, 6.07) is 5.66. The van der Waals surface area contributed by atoms with Gasteiger partial charge in [0.25, 0.3) is 5.91 Å². The Bertz CT molecular complexity index is 828. The molecule has 0 spiro atoms. The van der Waals surface area contributed by atoms with E-state index >= 15 is 0 Å². The number of carbonyl (C=O) groups excluding carboxylic acids is 2. The zero-order valence-electron chi connectivity index (χ0n) is 13.4. The molecule has 0 bridgehead atoms. The molecule has 2 heterocycles. The minimum absolute atomic E-state index is 0.0501. The Morgan fingerprint density at radius 1 is 1.42 bits per heavy atom. The molecular formula is C17H17N3O3S. The molecule has 1 fully saturated rings. The van der Waals surface area contributed by atoms with E-state index in [0.717, 1.165) is 29.8 Å². The molecule has 24 heavy (non-hydrogen) atoms. The van der Waals surface area contributed by atoms with Crippen molar-refractivity contribution in [3.8, 4) is 17.0 Å². The van der Waals surface area contributed by atoms with Gasteiger partial charge in [-0.25, -0.2) is 4.98 Å². The maximum Gasteiger partial charge on any atom is 0.267 e. The molecule has 1 aromatic heterocycles. The maximum atomic E-state index is 12.1. The van der Waals surface area contributed by atoms with Crippen molar-refractivity contribution in [3.05, 3.63) is 23.6 Å². The van der Waals surface area contributed by atoms with Crippen LogP contribution in [0.15, 0.2) is 23.6 Å². The summed E-state index contributed by atoms with van der Waals surface area (Å²) in [5, 5.41) is 5.36. The highest BCUT2D eigenvalue weighted by molar-refractivity contribution is 7.14. The van der Waals surface area contributed by atoms with Crippen molar-refractivity contribution in [3.63, 3.8) is 0 Å². The highest BCUT2D eigenvalue weighted by Crippen LogP contribution is 2.37. The van der Waals surface area contributed by atoms with Crippen LogP contribution in [0.2, 0.25) is 0 Å². The van der Waals surface area contributed by atoms with E-state index in [1.807, 2.05) is 23.6 Å². The van der Waals surface area contributed by atoms with E-state index in [2.05, 4.69) is 10.3 Å². The van der Waals surface area contributed by atoms with Gasteiger partial charge in [-0.15, -0.1) is 11.3 Å². The second kappa shape index (κ2) is 5.59. The summed E-state index contributed by atoms with van der Waals surface area (Å²) in [7, 11) is 1.74. The Morgan fingerprint density at radius 3 is 2.96 bits per heavy atom. The van der Waals surface area contributed by atoms with Crippen molar-refractivity contribution < 1.29 is 14.3 Å². The first-order chi connectivity index (χ1) is 11.5. The van der Waals surface area contributed by atoms with Crippen molar-refractivity contribution in [2.24, 2.45) is 5.92 Å². The molecule has 6 nitrogen and oxygen atoms in total. The summed E-state index contributed by atoms with van der Waals surface area (Å²) in [6.07, 6.45) is 1.46. The first kappa shape index (κ1) is 15.1. The number of hydrogen-bond acceptors (Lipinski definition) is 5. The normalized spacial score (nSPS) is 19.7. The van der Waals surface area contributed by atoms with Crippen LogP contribution in [0.3, 0.4) is 0 Å². The van der Waals surface area contributed by atoms with Crippen LogP contribution < -0.4 is 15.0 Å². The standard InChI is InChI=1S/C17H17N3O3S/c1-9-16(22)20(2)13-7-11(5-6-14(13)23-9)12-8-24-17(18-12)19-15(21)10-3-4-10/h5-10H,3-4H2,1-2H3,(H,18,19,21). The van der Waals surface area contributed by atoms with E-state index in [9.17, 15) is 9.59 Å². The topological polar surface area (TPSA) is 71.5 Å².